The van der Waals surface area contributed by atoms with Gasteiger partial charge in [0.05, 0.1) is 13.2 Å². The number of rotatable bonds is 7. The molecule has 0 saturated carbocycles. The van der Waals surface area contributed by atoms with Gasteiger partial charge in [0.25, 0.3) is 0 Å². The monoisotopic (exact) mass is 296 g/mol. The maximum absolute atomic E-state index is 13.8. The molecule has 7 heteroatoms. The molecule has 1 atom stereocenters. The number of methoxy groups -OCH3 is 1. The molecule has 1 N–H and O–H groups in total. The third-order valence-electron chi connectivity index (χ3n) is 2.58. The molecule has 0 spiro atoms. The van der Waals surface area contributed by atoms with E-state index in [-0.39, 0.29) is 30.8 Å². The Morgan fingerprint density at radius 2 is 2.00 bits per heavy atom. The van der Waals surface area contributed by atoms with Crippen LogP contribution in [0.5, 0.6) is 5.75 Å². The molecule has 0 aliphatic heterocycles. The Morgan fingerprint density at radius 3 is 2.60 bits per heavy atom. The molecule has 3 nitrogen and oxygen atoms in total. The normalized spacial score (nSPS) is 13.3. The van der Waals surface area contributed by atoms with Crippen LogP contribution in [-0.2, 0) is 11.2 Å². The van der Waals surface area contributed by atoms with Crippen molar-refractivity contribution in [1.29, 1.82) is 0 Å². The third kappa shape index (κ3) is 5.75. The molecule has 0 heterocycles. The molecule has 0 amide bonds. The minimum atomic E-state index is -4.39. The van der Waals surface area contributed by atoms with E-state index in [0.29, 0.717) is 0 Å². The van der Waals surface area contributed by atoms with Crippen molar-refractivity contribution in [1.82, 2.24) is 0 Å². The highest BCUT2D eigenvalue weighted by Gasteiger charge is 2.27. The first-order chi connectivity index (χ1) is 9.33. The minimum Gasteiger partial charge on any atom is -0.494 e. The van der Waals surface area contributed by atoms with Gasteiger partial charge in [-0.1, -0.05) is 12.1 Å². The highest BCUT2D eigenvalue weighted by atomic mass is 19.4. The van der Waals surface area contributed by atoms with Crippen molar-refractivity contribution in [2.24, 2.45) is 0 Å². The van der Waals surface area contributed by atoms with E-state index in [0.717, 1.165) is 0 Å². The predicted octanol–water partition coefficient (Wildman–Crippen LogP) is 2.71. The number of aliphatic hydroxyl groups excluding tert-OH is 1. The fourth-order valence-corrected chi connectivity index (χ4v) is 1.63. The Hall–Kier alpha value is -1.34. The zero-order chi connectivity index (χ0) is 15.2. The average Bonchev–Trinajstić information content (AvgIpc) is 2.36. The highest BCUT2D eigenvalue weighted by Crippen LogP contribution is 2.21. The molecule has 0 fully saturated rings. The number of hydrogen-bond donors (Lipinski definition) is 1. The van der Waals surface area contributed by atoms with Gasteiger partial charge in [0.1, 0.15) is 6.61 Å². The van der Waals surface area contributed by atoms with Gasteiger partial charge in [-0.05, 0) is 18.1 Å². The summed E-state index contributed by atoms with van der Waals surface area (Å²) in [6.45, 7) is -1.60. The Bertz CT molecular complexity index is 421. The fraction of sp³-hybridized carbons (Fsp3) is 0.538. The van der Waals surface area contributed by atoms with Crippen molar-refractivity contribution in [2.75, 3.05) is 20.3 Å². The summed E-state index contributed by atoms with van der Waals surface area (Å²) in [4.78, 5) is 0. The highest BCUT2D eigenvalue weighted by molar-refractivity contribution is 5.31. The van der Waals surface area contributed by atoms with Gasteiger partial charge in [-0.3, -0.25) is 0 Å². The van der Waals surface area contributed by atoms with Crippen LogP contribution in [0.2, 0.25) is 0 Å². The van der Waals surface area contributed by atoms with Crippen LogP contribution in [0.3, 0.4) is 0 Å². The predicted molar refractivity (Wildman–Crippen MR) is 64.2 cm³/mol. The molecule has 1 aromatic rings. The van der Waals surface area contributed by atoms with Crippen LogP contribution in [0, 0.1) is 5.82 Å². The molecule has 0 aromatic heterocycles. The van der Waals surface area contributed by atoms with Gasteiger partial charge in [-0.25, -0.2) is 4.39 Å². The van der Waals surface area contributed by atoms with E-state index in [2.05, 4.69) is 4.74 Å². The van der Waals surface area contributed by atoms with E-state index in [4.69, 9.17) is 4.74 Å². The van der Waals surface area contributed by atoms with Gasteiger partial charge >= 0.3 is 6.18 Å². The number of halogens is 4. The molecular formula is C13H16F4O3. The van der Waals surface area contributed by atoms with Gasteiger partial charge in [0.2, 0.25) is 0 Å². The molecule has 0 saturated heterocycles. The molecule has 1 rings (SSSR count). The maximum Gasteiger partial charge on any atom is 0.411 e. The van der Waals surface area contributed by atoms with E-state index in [1.165, 1.54) is 19.2 Å². The maximum atomic E-state index is 13.8. The van der Waals surface area contributed by atoms with Crippen LogP contribution in [0.25, 0.3) is 0 Å². The molecule has 114 valence electrons. The smallest absolute Gasteiger partial charge is 0.411 e. The lowest BCUT2D eigenvalue weighted by Crippen LogP contribution is -2.20. The van der Waals surface area contributed by atoms with Crippen molar-refractivity contribution in [2.45, 2.75) is 25.1 Å². The standard InChI is InChI=1S/C13H16F4O3/c1-19-11-4-2-3-9(12(11)14)7-10(18)5-6-20-8-13(15,16)17/h2-4,10,18H,5-8H2,1H3. The van der Waals surface area contributed by atoms with Crippen molar-refractivity contribution < 1.29 is 32.1 Å². The van der Waals surface area contributed by atoms with Crippen LogP contribution in [-0.4, -0.2) is 37.7 Å². The molecule has 1 unspecified atom stereocenters. The summed E-state index contributed by atoms with van der Waals surface area (Å²) >= 11 is 0. The van der Waals surface area contributed by atoms with Crippen LogP contribution in [0.1, 0.15) is 12.0 Å². The molecular weight excluding hydrogens is 280 g/mol. The first kappa shape index (κ1) is 16.7. The van der Waals surface area contributed by atoms with Crippen molar-refractivity contribution in [3.05, 3.63) is 29.6 Å². The minimum absolute atomic E-state index is 0.00721. The second-order valence-electron chi connectivity index (χ2n) is 4.25. The summed E-state index contributed by atoms with van der Waals surface area (Å²) in [7, 11) is 1.32. The summed E-state index contributed by atoms with van der Waals surface area (Å²) in [5.74, 6) is -0.520. The molecule has 20 heavy (non-hydrogen) atoms. The lowest BCUT2D eigenvalue weighted by molar-refractivity contribution is -0.175. The Labute approximate surface area is 114 Å². The summed E-state index contributed by atoms with van der Waals surface area (Å²) in [6, 6.07) is 4.50. The van der Waals surface area contributed by atoms with Gasteiger partial charge in [-0.2, -0.15) is 13.2 Å². The first-order valence-corrected chi connectivity index (χ1v) is 5.97. The zero-order valence-corrected chi connectivity index (χ0v) is 10.9. The number of benzene rings is 1. The molecule has 1 aromatic carbocycles. The number of hydrogen-bond acceptors (Lipinski definition) is 3. The summed E-state index contributed by atoms with van der Waals surface area (Å²) in [5.41, 5.74) is 0.243. The lowest BCUT2D eigenvalue weighted by atomic mass is 10.1. The van der Waals surface area contributed by atoms with E-state index < -0.39 is 24.7 Å². The Kier molecular flexibility index (Phi) is 6.22. The summed E-state index contributed by atoms with van der Waals surface area (Å²) in [6.07, 6.45) is -5.39. The Balaban J connectivity index is 2.41. The average molecular weight is 296 g/mol. The largest absolute Gasteiger partial charge is 0.494 e. The van der Waals surface area contributed by atoms with Crippen LogP contribution < -0.4 is 4.74 Å². The zero-order valence-electron chi connectivity index (χ0n) is 10.9. The van der Waals surface area contributed by atoms with Crippen molar-refractivity contribution in [3.8, 4) is 5.75 Å². The van der Waals surface area contributed by atoms with Crippen LogP contribution >= 0.6 is 0 Å². The molecule has 0 aliphatic rings. The van der Waals surface area contributed by atoms with Gasteiger partial charge in [0, 0.05) is 13.0 Å². The van der Waals surface area contributed by atoms with Gasteiger partial charge < -0.3 is 14.6 Å². The lowest BCUT2D eigenvalue weighted by Gasteiger charge is -2.13. The van der Waals surface area contributed by atoms with Crippen LogP contribution in [0.15, 0.2) is 18.2 Å². The molecule has 0 bridgehead atoms. The number of alkyl halides is 3. The van der Waals surface area contributed by atoms with Gasteiger partial charge in [-0.15, -0.1) is 0 Å². The van der Waals surface area contributed by atoms with Crippen LogP contribution in [0.4, 0.5) is 17.6 Å². The second-order valence-corrected chi connectivity index (χ2v) is 4.25. The number of aliphatic hydroxyl groups is 1. The summed E-state index contributed by atoms with van der Waals surface area (Å²) in [5, 5.41) is 9.65. The topological polar surface area (TPSA) is 38.7 Å². The van der Waals surface area contributed by atoms with Gasteiger partial charge in [0.15, 0.2) is 11.6 Å². The van der Waals surface area contributed by atoms with Crippen molar-refractivity contribution in [3.63, 3.8) is 0 Å². The number of ether oxygens (including phenoxy) is 2. The third-order valence-corrected chi connectivity index (χ3v) is 2.58. The molecule has 0 aliphatic carbocycles. The second kappa shape index (κ2) is 7.44. The SMILES string of the molecule is COc1cccc(CC(O)CCOCC(F)(F)F)c1F. The van der Waals surface area contributed by atoms with E-state index in [1.807, 2.05) is 0 Å². The van der Waals surface area contributed by atoms with E-state index in [1.54, 1.807) is 6.07 Å². The van der Waals surface area contributed by atoms with E-state index in [9.17, 15) is 22.7 Å². The van der Waals surface area contributed by atoms with E-state index >= 15 is 0 Å². The summed E-state index contributed by atoms with van der Waals surface area (Å²) < 4.78 is 58.4. The quantitative estimate of drug-likeness (QED) is 0.621. The first-order valence-electron chi connectivity index (χ1n) is 5.97. The van der Waals surface area contributed by atoms with Crippen molar-refractivity contribution >= 4 is 0 Å². The molecule has 0 radical (unpaired) electrons. The Morgan fingerprint density at radius 1 is 1.30 bits per heavy atom. The fourth-order valence-electron chi connectivity index (χ4n) is 1.63.